The molecule has 0 saturated heterocycles. The van der Waals surface area contributed by atoms with Crippen LogP contribution in [0.3, 0.4) is 0 Å². The maximum absolute atomic E-state index is 12.5. The molecule has 2 unspecified atom stereocenters. The molecule has 1 heterocycles. The van der Waals surface area contributed by atoms with Gasteiger partial charge in [-0.05, 0) is 30.4 Å². The fourth-order valence-electron chi connectivity index (χ4n) is 3.20. The van der Waals surface area contributed by atoms with Crippen molar-refractivity contribution in [3.63, 3.8) is 0 Å². The van der Waals surface area contributed by atoms with Crippen molar-refractivity contribution in [2.75, 3.05) is 0 Å². The summed E-state index contributed by atoms with van der Waals surface area (Å²) in [5.74, 6) is 0.462. The van der Waals surface area contributed by atoms with E-state index in [9.17, 15) is 4.79 Å². The largest absolute Gasteiger partial charge is 0.334 e. The smallest absolute Gasteiger partial charge is 0.226 e. The molecule has 1 aromatic carbocycles. The molecule has 0 aromatic heterocycles. The van der Waals surface area contributed by atoms with E-state index in [-0.39, 0.29) is 12.0 Å². The summed E-state index contributed by atoms with van der Waals surface area (Å²) >= 11 is 0. The molecule has 2 N–H and O–H groups in total. The van der Waals surface area contributed by atoms with Crippen LogP contribution < -0.4 is 5.73 Å². The van der Waals surface area contributed by atoms with Gasteiger partial charge < -0.3 is 10.6 Å². The first kappa shape index (κ1) is 11.7. The molecule has 1 fully saturated rings. The van der Waals surface area contributed by atoms with Gasteiger partial charge in [0, 0.05) is 25.0 Å². The van der Waals surface area contributed by atoms with Crippen molar-refractivity contribution in [2.24, 2.45) is 11.7 Å². The van der Waals surface area contributed by atoms with E-state index in [0.29, 0.717) is 5.91 Å². The van der Waals surface area contributed by atoms with Crippen molar-refractivity contribution in [1.82, 2.24) is 4.90 Å². The molecule has 0 bridgehead atoms. The van der Waals surface area contributed by atoms with E-state index >= 15 is 0 Å². The van der Waals surface area contributed by atoms with Crippen LogP contribution in [0.4, 0.5) is 0 Å². The van der Waals surface area contributed by atoms with Crippen LogP contribution in [0.2, 0.25) is 0 Å². The Labute approximate surface area is 108 Å². The van der Waals surface area contributed by atoms with Gasteiger partial charge >= 0.3 is 0 Å². The molecule has 2 atom stereocenters. The lowest BCUT2D eigenvalue weighted by Crippen LogP contribution is -2.38. The van der Waals surface area contributed by atoms with Crippen LogP contribution in [0.25, 0.3) is 0 Å². The Balaban J connectivity index is 1.68. The third-order valence-electron chi connectivity index (χ3n) is 4.22. The molecule has 2 aliphatic rings. The van der Waals surface area contributed by atoms with Gasteiger partial charge in [-0.25, -0.2) is 0 Å². The second kappa shape index (κ2) is 4.73. The lowest BCUT2D eigenvalue weighted by atomic mass is 9.85. The van der Waals surface area contributed by atoms with Crippen molar-refractivity contribution in [3.8, 4) is 0 Å². The summed E-state index contributed by atoms with van der Waals surface area (Å²) in [5.41, 5.74) is 8.57. The number of nitrogens with two attached hydrogens (primary N) is 1. The number of fused-ring (bicyclic) bond motifs is 1. The first-order valence-corrected chi connectivity index (χ1v) is 6.85. The van der Waals surface area contributed by atoms with Crippen molar-refractivity contribution in [1.29, 1.82) is 0 Å². The number of benzene rings is 1. The number of hydrogen-bond acceptors (Lipinski definition) is 2. The minimum absolute atomic E-state index is 0.156. The van der Waals surface area contributed by atoms with E-state index < -0.39 is 0 Å². The van der Waals surface area contributed by atoms with Gasteiger partial charge in [-0.1, -0.05) is 30.7 Å². The Morgan fingerprint density at radius 2 is 1.83 bits per heavy atom. The van der Waals surface area contributed by atoms with Crippen molar-refractivity contribution in [3.05, 3.63) is 35.4 Å². The van der Waals surface area contributed by atoms with E-state index in [1.54, 1.807) is 0 Å². The highest BCUT2D eigenvalue weighted by Gasteiger charge is 2.31. The SMILES string of the molecule is NC1CCCC(C(=O)N2Cc3ccccc3C2)C1. The number of carbonyl (C=O) groups excluding carboxylic acids is 1. The van der Waals surface area contributed by atoms with E-state index in [0.717, 1.165) is 38.8 Å². The highest BCUT2D eigenvalue weighted by molar-refractivity contribution is 5.79. The van der Waals surface area contributed by atoms with Gasteiger partial charge in [0.25, 0.3) is 0 Å². The number of carbonyl (C=O) groups is 1. The molecule has 3 heteroatoms. The Bertz CT molecular complexity index is 433. The van der Waals surface area contributed by atoms with Gasteiger partial charge in [-0.2, -0.15) is 0 Å². The van der Waals surface area contributed by atoms with Crippen molar-refractivity contribution in [2.45, 2.75) is 44.8 Å². The van der Waals surface area contributed by atoms with Crippen LogP contribution in [0.1, 0.15) is 36.8 Å². The van der Waals surface area contributed by atoms with Crippen LogP contribution in [0, 0.1) is 5.92 Å². The van der Waals surface area contributed by atoms with Gasteiger partial charge in [0.1, 0.15) is 0 Å². The molecular formula is C15H20N2O. The maximum Gasteiger partial charge on any atom is 0.226 e. The van der Waals surface area contributed by atoms with Gasteiger partial charge in [-0.15, -0.1) is 0 Å². The summed E-state index contributed by atoms with van der Waals surface area (Å²) in [4.78, 5) is 14.5. The third-order valence-corrected chi connectivity index (χ3v) is 4.22. The standard InChI is InChI=1S/C15H20N2O/c16-14-7-3-6-11(8-14)15(18)17-9-12-4-1-2-5-13(12)10-17/h1-2,4-5,11,14H,3,6-10,16H2. The summed E-state index contributed by atoms with van der Waals surface area (Å²) in [6, 6.07) is 8.55. The van der Waals surface area contributed by atoms with Crippen LogP contribution in [0.15, 0.2) is 24.3 Å². The lowest BCUT2D eigenvalue weighted by Gasteiger charge is -2.29. The number of rotatable bonds is 1. The van der Waals surface area contributed by atoms with E-state index in [1.807, 2.05) is 17.0 Å². The molecule has 1 amide bonds. The van der Waals surface area contributed by atoms with E-state index in [2.05, 4.69) is 12.1 Å². The highest BCUT2D eigenvalue weighted by atomic mass is 16.2. The average Bonchev–Trinajstić information content (AvgIpc) is 2.81. The summed E-state index contributed by atoms with van der Waals surface area (Å²) < 4.78 is 0. The Morgan fingerprint density at radius 1 is 1.17 bits per heavy atom. The maximum atomic E-state index is 12.5. The molecule has 1 saturated carbocycles. The van der Waals surface area contributed by atoms with Crippen LogP contribution in [-0.2, 0) is 17.9 Å². The van der Waals surface area contributed by atoms with Crippen molar-refractivity contribution < 1.29 is 4.79 Å². The summed E-state index contributed by atoms with van der Waals surface area (Å²) in [6.07, 6.45) is 4.05. The summed E-state index contributed by atoms with van der Waals surface area (Å²) in [5, 5.41) is 0. The summed E-state index contributed by atoms with van der Waals surface area (Å²) in [6.45, 7) is 1.56. The quantitative estimate of drug-likeness (QED) is 0.821. The van der Waals surface area contributed by atoms with Gasteiger partial charge in [-0.3, -0.25) is 4.79 Å². The van der Waals surface area contributed by atoms with Gasteiger partial charge in [0.2, 0.25) is 5.91 Å². The van der Waals surface area contributed by atoms with Gasteiger partial charge in [0.05, 0.1) is 0 Å². The second-order valence-electron chi connectivity index (χ2n) is 5.59. The molecule has 3 nitrogen and oxygen atoms in total. The average molecular weight is 244 g/mol. The number of hydrogen-bond donors (Lipinski definition) is 1. The zero-order valence-electron chi connectivity index (χ0n) is 10.6. The fourth-order valence-corrected chi connectivity index (χ4v) is 3.20. The minimum atomic E-state index is 0.156. The molecule has 18 heavy (non-hydrogen) atoms. The monoisotopic (exact) mass is 244 g/mol. The molecule has 96 valence electrons. The zero-order chi connectivity index (χ0) is 12.5. The normalized spacial score (nSPS) is 27.1. The first-order valence-electron chi connectivity index (χ1n) is 6.85. The predicted molar refractivity (Wildman–Crippen MR) is 70.6 cm³/mol. The van der Waals surface area contributed by atoms with Crippen molar-refractivity contribution >= 4 is 5.91 Å². The number of amides is 1. The molecule has 0 radical (unpaired) electrons. The Morgan fingerprint density at radius 3 is 2.44 bits per heavy atom. The number of nitrogens with zero attached hydrogens (tertiary/aromatic N) is 1. The van der Waals surface area contributed by atoms with E-state index in [1.165, 1.54) is 11.1 Å². The molecular weight excluding hydrogens is 224 g/mol. The second-order valence-corrected chi connectivity index (χ2v) is 5.59. The highest BCUT2D eigenvalue weighted by Crippen LogP contribution is 2.29. The van der Waals surface area contributed by atoms with E-state index in [4.69, 9.17) is 5.73 Å². The van der Waals surface area contributed by atoms with Crippen LogP contribution in [-0.4, -0.2) is 16.8 Å². The molecule has 0 spiro atoms. The first-order chi connectivity index (χ1) is 8.74. The Kier molecular flexibility index (Phi) is 3.08. The van der Waals surface area contributed by atoms with Crippen LogP contribution in [0.5, 0.6) is 0 Å². The topological polar surface area (TPSA) is 46.3 Å². The fraction of sp³-hybridized carbons (Fsp3) is 0.533. The van der Waals surface area contributed by atoms with Gasteiger partial charge in [0.15, 0.2) is 0 Å². The zero-order valence-corrected chi connectivity index (χ0v) is 10.6. The molecule has 1 aliphatic carbocycles. The third kappa shape index (κ3) is 2.15. The minimum Gasteiger partial charge on any atom is -0.334 e. The molecule has 1 aliphatic heterocycles. The molecule has 1 aromatic rings. The predicted octanol–water partition coefficient (Wildman–Crippen LogP) is 2.05. The summed E-state index contributed by atoms with van der Waals surface area (Å²) in [7, 11) is 0. The lowest BCUT2D eigenvalue weighted by molar-refractivity contribution is -0.137. The Hall–Kier alpha value is -1.35. The van der Waals surface area contributed by atoms with Crippen LogP contribution >= 0.6 is 0 Å². The molecule has 3 rings (SSSR count).